The number of hydrogen-bond donors (Lipinski definition) is 2. The predicted octanol–water partition coefficient (Wildman–Crippen LogP) is 3.73. The summed E-state index contributed by atoms with van der Waals surface area (Å²) >= 11 is 1.58. The molecule has 0 spiro atoms. The summed E-state index contributed by atoms with van der Waals surface area (Å²) in [4.78, 5) is 14.2. The zero-order valence-electron chi connectivity index (χ0n) is 15.7. The third-order valence-corrected chi connectivity index (χ3v) is 4.75. The average Bonchev–Trinajstić information content (AvgIpc) is 2.62. The van der Waals surface area contributed by atoms with E-state index in [9.17, 15) is 0 Å². The molecule has 1 aromatic heterocycles. The highest BCUT2D eigenvalue weighted by Crippen LogP contribution is 2.33. The average molecular weight is 369 g/mol. The molecule has 0 saturated carbocycles. The Kier molecular flexibility index (Phi) is 5.49. The van der Waals surface area contributed by atoms with Crippen LogP contribution in [0.5, 0.6) is 0 Å². The molecule has 0 fully saturated rings. The summed E-state index contributed by atoms with van der Waals surface area (Å²) in [7, 11) is 10.0. The van der Waals surface area contributed by atoms with Crippen molar-refractivity contribution >= 4 is 45.7 Å². The van der Waals surface area contributed by atoms with Gasteiger partial charge in [0.15, 0.2) is 0 Å². The van der Waals surface area contributed by atoms with Crippen molar-refractivity contribution in [2.75, 3.05) is 50.4 Å². The van der Waals surface area contributed by atoms with E-state index >= 15 is 0 Å². The molecule has 136 valence electrons. The SMILES string of the molecule is CNSc1ccc(N(C)C)c(Nc2ncnc3ccc(N(C)C)cc23)c1. The molecule has 0 saturated heterocycles. The summed E-state index contributed by atoms with van der Waals surface area (Å²) in [6.45, 7) is 0. The summed E-state index contributed by atoms with van der Waals surface area (Å²) in [5.41, 5.74) is 4.13. The maximum absolute atomic E-state index is 4.50. The van der Waals surface area contributed by atoms with Crippen LogP contribution in [0.25, 0.3) is 10.9 Å². The standard InChI is InChI=1S/C19H24N6S/c1-20-26-14-7-9-18(25(4)5)17(11-14)23-19-15-10-13(24(2)3)6-8-16(15)21-12-22-19/h6-12,20H,1-5H3,(H,21,22,23). The number of aromatic nitrogens is 2. The van der Waals surface area contributed by atoms with E-state index in [1.807, 2.05) is 41.3 Å². The van der Waals surface area contributed by atoms with Crippen molar-refractivity contribution in [3.05, 3.63) is 42.7 Å². The van der Waals surface area contributed by atoms with Gasteiger partial charge in [-0.2, -0.15) is 0 Å². The first-order chi connectivity index (χ1) is 12.5. The number of fused-ring (bicyclic) bond motifs is 1. The van der Waals surface area contributed by atoms with E-state index in [0.29, 0.717) is 0 Å². The first-order valence-corrected chi connectivity index (χ1v) is 9.15. The van der Waals surface area contributed by atoms with Crippen LogP contribution in [0.3, 0.4) is 0 Å². The molecule has 0 aliphatic carbocycles. The minimum absolute atomic E-state index is 0.799. The molecule has 2 N–H and O–H groups in total. The van der Waals surface area contributed by atoms with Gasteiger partial charge in [-0.25, -0.2) is 9.97 Å². The summed E-state index contributed by atoms with van der Waals surface area (Å²) < 4.78 is 3.12. The molecule has 2 aromatic carbocycles. The van der Waals surface area contributed by atoms with Crippen molar-refractivity contribution in [3.63, 3.8) is 0 Å². The van der Waals surface area contributed by atoms with Crippen LogP contribution in [0.15, 0.2) is 47.6 Å². The lowest BCUT2D eigenvalue weighted by atomic mass is 10.2. The molecule has 6 nitrogen and oxygen atoms in total. The van der Waals surface area contributed by atoms with Crippen molar-refractivity contribution in [3.8, 4) is 0 Å². The third kappa shape index (κ3) is 3.84. The molecule has 3 rings (SSSR count). The molecule has 1 heterocycles. The largest absolute Gasteiger partial charge is 0.378 e. The van der Waals surface area contributed by atoms with Crippen molar-refractivity contribution in [1.82, 2.24) is 14.7 Å². The van der Waals surface area contributed by atoms with Crippen molar-refractivity contribution in [2.24, 2.45) is 0 Å². The normalized spacial score (nSPS) is 10.8. The molecular formula is C19H24N6S. The van der Waals surface area contributed by atoms with Crippen LogP contribution in [-0.2, 0) is 0 Å². The molecule has 0 bridgehead atoms. The quantitative estimate of drug-likeness (QED) is 0.643. The fourth-order valence-corrected chi connectivity index (χ4v) is 3.29. The molecule has 7 heteroatoms. The Morgan fingerprint density at radius 3 is 2.42 bits per heavy atom. The van der Waals surface area contributed by atoms with E-state index in [1.54, 1.807) is 18.3 Å². The van der Waals surface area contributed by atoms with Crippen LogP contribution in [-0.4, -0.2) is 45.2 Å². The third-order valence-electron chi connectivity index (χ3n) is 4.06. The Labute approximate surface area is 158 Å². The van der Waals surface area contributed by atoms with Gasteiger partial charge in [0.25, 0.3) is 0 Å². The van der Waals surface area contributed by atoms with E-state index in [1.165, 1.54) is 0 Å². The molecule has 3 aromatic rings. The summed E-state index contributed by atoms with van der Waals surface area (Å²) in [6.07, 6.45) is 1.60. The van der Waals surface area contributed by atoms with Gasteiger partial charge in [0.05, 0.1) is 16.9 Å². The van der Waals surface area contributed by atoms with Crippen molar-refractivity contribution < 1.29 is 0 Å². The van der Waals surface area contributed by atoms with Gasteiger partial charge in [-0.1, -0.05) is 0 Å². The minimum atomic E-state index is 0.799. The first-order valence-electron chi connectivity index (χ1n) is 8.33. The molecule has 0 aliphatic rings. The second-order valence-corrected chi connectivity index (χ2v) is 7.41. The predicted molar refractivity (Wildman–Crippen MR) is 113 cm³/mol. The van der Waals surface area contributed by atoms with Gasteiger partial charge in [0.2, 0.25) is 0 Å². The van der Waals surface area contributed by atoms with E-state index in [0.717, 1.165) is 38.7 Å². The highest BCUT2D eigenvalue weighted by molar-refractivity contribution is 7.97. The fourth-order valence-electron chi connectivity index (χ4n) is 2.74. The van der Waals surface area contributed by atoms with Gasteiger partial charge < -0.3 is 15.1 Å². The van der Waals surface area contributed by atoms with Crippen LogP contribution >= 0.6 is 11.9 Å². The number of anilines is 4. The summed E-state index contributed by atoms with van der Waals surface area (Å²) in [6, 6.07) is 12.5. The van der Waals surface area contributed by atoms with Crippen molar-refractivity contribution in [1.29, 1.82) is 0 Å². The zero-order chi connectivity index (χ0) is 18.7. The van der Waals surface area contributed by atoms with Crippen LogP contribution < -0.4 is 19.8 Å². The molecule has 0 amide bonds. The van der Waals surface area contributed by atoms with Gasteiger partial charge in [-0.05, 0) is 55.4 Å². The highest BCUT2D eigenvalue weighted by Gasteiger charge is 2.11. The number of nitrogens with one attached hydrogen (secondary N) is 2. The molecule has 0 radical (unpaired) electrons. The number of nitrogens with zero attached hydrogens (tertiary/aromatic N) is 4. The van der Waals surface area contributed by atoms with Gasteiger partial charge in [-0.15, -0.1) is 0 Å². The van der Waals surface area contributed by atoms with E-state index in [4.69, 9.17) is 0 Å². The molecule has 26 heavy (non-hydrogen) atoms. The van der Waals surface area contributed by atoms with E-state index in [2.05, 4.69) is 60.1 Å². The van der Waals surface area contributed by atoms with Crippen LogP contribution in [0.4, 0.5) is 22.9 Å². The Balaban J connectivity index is 2.08. The lowest BCUT2D eigenvalue weighted by molar-refractivity contribution is 1.12. The first kappa shape index (κ1) is 18.3. The minimum Gasteiger partial charge on any atom is -0.378 e. The maximum Gasteiger partial charge on any atom is 0.141 e. The molecule has 0 aliphatic heterocycles. The van der Waals surface area contributed by atoms with Crippen LogP contribution in [0.1, 0.15) is 0 Å². The van der Waals surface area contributed by atoms with Crippen molar-refractivity contribution in [2.45, 2.75) is 4.90 Å². The molecule has 0 unspecified atom stereocenters. The zero-order valence-corrected chi connectivity index (χ0v) is 16.6. The topological polar surface area (TPSA) is 56.3 Å². The Bertz CT molecular complexity index is 910. The van der Waals surface area contributed by atoms with Gasteiger partial charge in [0, 0.05) is 44.2 Å². The lowest BCUT2D eigenvalue weighted by Gasteiger charge is -2.20. The number of hydrogen-bond acceptors (Lipinski definition) is 7. The van der Waals surface area contributed by atoms with Crippen LogP contribution in [0, 0.1) is 0 Å². The maximum atomic E-state index is 4.50. The lowest BCUT2D eigenvalue weighted by Crippen LogP contribution is -2.11. The Morgan fingerprint density at radius 2 is 1.73 bits per heavy atom. The molecule has 0 atom stereocenters. The monoisotopic (exact) mass is 368 g/mol. The highest BCUT2D eigenvalue weighted by atomic mass is 32.2. The summed E-state index contributed by atoms with van der Waals surface area (Å²) in [5, 5.41) is 4.50. The van der Waals surface area contributed by atoms with Gasteiger partial charge in [0.1, 0.15) is 12.1 Å². The fraction of sp³-hybridized carbons (Fsp3) is 0.263. The Morgan fingerprint density at radius 1 is 0.923 bits per heavy atom. The number of rotatable bonds is 6. The van der Waals surface area contributed by atoms with Gasteiger partial charge >= 0.3 is 0 Å². The van der Waals surface area contributed by atoms with E-state index in [-0.39, 0.29) is 0 Å². The van der Waals surface area contributed by atoms with E-state index < -0.39 is 0 Å². The van der Waals surface area contributed by atoms with Crippen LogP contribution in [0.2, 0.25) is 0 Å². The Hall–Kier alpha value is -2.51. The number of benzene rings is 2. The second-order valence-electron chi connectivity index (χ2n) is 6.32. The molecular weight excluding hydrogens is 344 g/mol. The van der Waals surface area contributed by atoms with Gasteiger partial charge in [-0.3, -0.25) is 4.72 Å². The summed E-state index contributed by atoms with van der Waals surface area (Å²) in [5.74, 6) is 0.799. The second kappa shape index (κ2) is 7.80. The smallest absolute Gasteiger partial charge is 0.141 e.